The highest BCUT2D eigenvalue weighted by molar-refractivity contribution is 5.31. The highest BCUT2D eigenvalue weighted by atomic mass is 16.3. The Morgan fingerprint density at radius 3 is 2.29 bits per heavy atom. The molecule has 0 aliphatic heterocycles. The normalized spacial score (nSPS) is 23.5. The van der Waals surface area contributed by atoms with E-state index < -0.39 is 11.5 Å². The molecule has 0 amide bonds. The first-order valence-electron chi connectivity index (χ1n) is 6.44. The number of nitriles is 1. The Labute approximate surface area is 102 Å². The van der Waals surface area contributed by atoms with Crippen molar-refractivity contribution >= 4 is 0 Å². The van der Waals surface area contributed by atoms with Gasteiger partial charge in [0.05, 0.1) is 17.6 Å². The Morgan fingerprint density at radius 1 is 1.24 bits per heavy atom. The highest BCUT2D eigenvalue weighted by Gasteiger charge is 2.44. The second-order valence-corrected chi connectivity index (χ2v) is 5.46. The van der Waals surface area contributed by atoms with Crippen LogP contribution in [0, 0.1) is 16.7 Å². The summed E-state index contributed by atoms with van der Waals surface area (Å²) in [5, 5.41) is 19.5. The number of aliphatic hydroxyl groups excluding tert-OH is 1. The predicted molar refractivity (Wildman–Crippen MR) is 65.3 cm³/mol. The zero-order valence-electron chi connectivity index (χ0n) is 9.89. The van der Waals surface area contributed by atoms with Crippen molar-refractivity contribution in [2.45, 2.75) is 44.1 Å². The average Bonchev–Trinajstić information content (AvgIpc) is 3.12. The maximum Gasteiger partial charge on any atom is 0.0976 e. The number of rotatable bonds is 3. The standard InChI is InChI=1S/C15H17NO/c16-10-15(8-1-9-15)14(17)13-6-4-12(5-7-13)11-2-3-11/h4-7,11,14,17H,1-3,8-9H2. The molecule has 2 saturated carbocycles. The Balaban J connectivity index is 1.81. The van der Waals surface area contributed by atoms with Crippen molar-refractivity contribution in [3.8, 4) is 6.07 Å². The van der Waals surface area contributed by atoms with Crippen LogP contribution in [0.25, 0.3) is 0 Å². The van der Waals surface area contributed by atoms with E-state index in [1.807, 2.05) is 12.1 Å². The number of hydrogen-bond acceptors (Lipinski definition) is 2. The van der Waals surface area contributed by atoms with Gasteiger partial charge < -0.3 is 5.11 Å². The van der Waals surface area contributed by atoms with E-state index in [0.29, 0.717) is 0 Å². The minimum Gasteiger partial charge on any atom is -0.387 e. The molecule has 2 aliphatic rings. The number of nitrogens with zero attached hydrogens (tertiary/aromatic N) is 1. The van der Waals surface area contributed by atoms with Gasteiger partial charge >= 0.3 is 0 Å². The third kappa shape index (κ3) is 1.75. The van der Waals surface area contributed by atoms with Crippen molar-refractivity contribution in [2.75, 3.05) is 0 Å². The van der Waals surface area contributed by atoms with E-state index in [-0.39, 0.29) is 0 Å². The van der Waals surface area contributed by atoms with Crippen LogP contribution in [-0.2, 0) is 0 Å². The van der Waals surface area contributed by atoms with Crippen LogP contribution in [0.1, 0.15) is 55.3 Å². The number of hydrogen-bond donors (Lipinski definition) is 1. The quantitative estimate of drug-likeness (QED) is 0.861. The topological polar surface area (TPSA) is 44.0 Å². The van der Waals surface area contributed by atoms with E-state index in [4.69, 9.17) is 0 Å². The van der Waals surface area contributed by atoms with Crippen LogP contribution in [0.15, 0.2) is 24.3 Å². The maximum atomic E-state index is 10.3. The largest absolute Gasteiger partial charge is 0.387 e. The van der Waals surface area contributed by atoms with E-state index in [0.717, 1.165) is 30.7 Å². The van der Waals surface area contributed by atoms with Gasteiger partial charge in [-0.05, 0) is 42.7 Å². The lowest BCUT2D eigenvalue weighted by molar-refractivity contribution is 0.00794. The molecular weight excluding hydrogens is 210 g/mol. The van der Waals surface area contributed by atoms with Crippen molar-refractivity contribution in [1.82, 2.24) is 0 Å². The molecule has 2 nitrogen and oxygen atoms in total. The molecule has 0 saturated heterocycles. The van der Waals surface area contributed by atoms with Gasteiger partial charge in [0.2, 0.25) is 0 Å². The monoisotopic (exact) mass is 227 g/mol. The Morgan fingerprint density at radius 2 is 1.88 bits per heavy atom. The second-order valence-electron chi connectivity index (χ2n) is 5.46. The molecule has 2 heteroatoms. The molecule has 1 atom stereocenters. The van der Waals surface area contributed by atoms with Crippen molar-refractivity contribution in [3.05, 3.63) is 35.4 Å². The second kappa shape index (κ2) is 3.85. The molecule has 17 heavy (non-hydrogen) atoms. The Bertz CT molecular complexity index is 449. The number of aliphatic hydroxyl groups is 1. The van der Waals surface area contributed by atoms with Gasteiger partial charge in [0, 0.05) is 0 Å². The lowest BCUT2D eigenvalue weighted by Crippen LogP contribution is -2.34. The highest BCUT2D eigenvalue weighted by Crippen LogP contribution is 2.50. The fourth-order valence-electron chi connectivity index (χ4n) is 2.69. The van der Waals surface area contributed by atoms with Gasteiger partial charge in [0.15, 0.2) is 0 Å². The summed E-state index contributed by atoms with van der Waals surface area (Å²) < 4.78 is 0. The van der Waals surface area contributed by atoms with E-state index in [2.05, 4.69) is 18.2 Å². The van der Waals surface area contributed by atoms with Gasteiger partial charge in [-0.3, -0.25) is 0 Å². The fraction of sp³-hybridized carbons (Fsp3) is 0.533. The zero-order valence-corrected chi connectivity index (χ0v) is 9.89. The zero-order chi connectivity index (χ0) is 11.9. The van der Waals surface area contributed by atoms with E-state index in [1.165, 1.54) is 18.4 Å². The summed E-state index contributed by atoms with van der Waals surface area (Å²) in [6.45, 7) is 0. The molecule has 1 N–H and O–H groups in total. The summed E-state index contributed by atoms with van der Waals surface area (Å²) >= 11 is 0. The van der Waals surface area contributed by atoms with Crippen LogP contribution in [0.4, 0.5) is 0 Å². The van der Waals surface area contributed by atoms with Crippen LogP contribution in [0.2, 0.25) is 0 Å². The first kappa shape index (κ1) is 10.8. The van der Waals surface area contributed by atoms with E-state index in [1.54, 1.807) is 0 Å². The van der Waals surface area contributed by atoms with Gasteiger partial charge in [-0.2, -0.15) is 5.26 Å². The molecule has 1 aromatic carbocycles. The van der Waals surface area contributed by atoms with Crippen molar-refractivity contribution in [3.63, 3.8) is 0 Å². The smallest absolute Gasteiger partial charge is 0.0976 e. The van der Waals surface area contributed by atoms with Crippen molar-refractivity contribution in [1.29, 1.82) is 5.26 Å². The minimum atomic E-state index is -0.616. The van der Waals surface area contributed by atoms with Crippen LogP contribution in [0.3, 0.4) is 0 Å². The lowest BCUT2D eigenvalue weighted by Gasteiger charge is -2.39. The van der Waals surface area contributed by atoms with Crippen molar-refractivity contribution < 1.29 is 5.11 Å². The molecular formula is C15H17NO. The SMILES string of the molecule is N#CC1(C(O)c2ccc(C3CC3)cc2)CCC1. The Hall–Kier alpha value is -1.33. The van der Waals surface area contributed by atoms with Crippen LogP contribution in [-0.4, -0.2) is 5.11 Å². The summed E-state index contributed by atoms with van der Waals surface area (Å²) in [6.07, 6.45) is 4.69. The van der Waals surface area contributed by atoms with Crippen molar-refractivity contribution in [2.24, 2.45) is 5.41 Å². The maximum absolute atomic E-state index is 10.3. The molecule has 0 bridgehead atoms. The molecule has 2 aliphatic carbocycles. The molecule has 0 aromatic heterocycles. The average molecular weight is 227 g/mol. The third-order valence-electron chi connectivity index (χ3n) is 4.29. The first-order chi connectivity index (χ1) is 8.25. The lowest BCUT2D eigenvalue weighted by atomic mass is 9.64. The summed E-state index contributed by atoms with van der Waals surface area (Å²) in [7, 11) is 0. The van der Waals surface area contributed by atoms with Crippen LogP contribution < -0.4 is 0 Å². The van der Waals surface area contributed by atoms with Gasteiger partial charge in [-0.25, -0.2) is 0 Å². The van der Waals surface area contributed by atoms with Gasteiger partial charge in [-0.15, -0.1) is 0 Å². The Kier molecular flexibility index (Phi) is 2.45. The molecule has 1 aromatic rings. The predicted octanol–water partition coefficient (Wildman–Crippen LogP) is 3.29. The van der Waals surface area contributed by atoms with E-state index in [9.17, 15) is 10.4 Å². The molecule has 3 rings (SSSR count). The fourth-order valence-corrected chi connectivity index (χ4v) is 2.69. The molecule has 0 spiro atoms. The molecule has 0 heterocycles. The van der Waals surface area contributed by atoms with Crippen LogP contribution in [0.5, 0.6) is 0 Å². The summed E-state index contributed by atoms with van der Waals surface area (Å²) in [6, 6.07) is 10.5. The van der Waals surface area contributed by atoms with Gasteiger partial charge in [0.25, 0.3) is 0 Å². The van der Waals surface area contributed by atoms with Gasteiger partial charge in [-0.1, -0.05) is 30.7 Å². The number of benzene rings is 1. The molecule has 2 fully saturated rings. The van der Waals surface area contributed by atoms with Gasteiger partial charge in [0.1, 0.15) is 0 Å². The molecule has 0 radical (unpaired) electrons. The summed E-state index contributed by atoms with van der Waals surface area (Å²) in [4.78, 5) is 0. The summed E-state index contributed by atoms with van der Waals surface area (Å²) in [5.41, 5.74) is 1.76. The van der Waals surface area contributed by atoms with E-state index >= 15 is 0 Å². The van der Waals surface area contributed by atoms with Crippen LogP contribution >= 0.6 is 0 Å². The minimum absolute atomic E-state index is 0.513. The third-order valence-corrected chi connectivity index (χ3v) is 4.29. The molecule has 1 unspecified atom stereocenters. The first-order valence-corrected chi connectivity index (χ1v) is 6.44. The molecule has 88 valence electrons. The summed E-state index contributed by atoms with van der Waals surface area (Å²) in [5.74, 6) is 0.745.